The number of pyridine rings is 1. The molecule has 1 saturated heterocycles. The summed E-state index contributed by atoms with van der Waals surface area (Å²) in [5, 5.41) is 5.25. The largest absolute Gasteiger partial charge is 0.354 e. The Morgan fingerprint density at radius 1 is 1.29 bits per heavy atom. The van der Waals surface area contributed by atoms with Crippen LogP contribution in [0.1, 0.15) is 18.1 Å². The summed E-state index contributed by atoms with van der Waals surface area (Å²) in [5.41, 5.74) is 3.50. The average Bonchev–Trinajstić information content (AvgIpc) is 2.51. The van der Waals surface area contributed by atoms with Crippen molar-refractivity contribution in [2.75, 3.05) is 31.1 Å². The smallest absolute Gasteiger partial charge is 0.132 e. The Morgan fingerprint density at radius 3 is 2.67 bits per heavy atom. The van der Waals surface area contributed by atoms with E-state index in [0.29, 0.717) is 0 Å². The van der Waals surface area contributed by atoms with Crippen LogP contribution in [-0.2, 0) is 6.42 Å². The molecule has 114 valence electrons. The van der Waals surface area contributed by atoms with Crippen molar-refractivity contribution >= 4 is 40.7 Å². The minimum atomic E-state index is 0. The summed E-state index contributed by atoms with van der Waals surface area (Å²) in [4.78, 5) is 7.33. The first-order chi connectivity index (χ1) is 9.70. The molecule has 3 nitrogen and oxygen atoms in total. The second-order valence-electron chi connectivity index (χ2n) is 5.32. The predicted octanol–water partition coefficient (Wildman–Crippen LogP) is 3.59. The van der Waals surface area contributed by atoms with Crippen LogP contribution >= 0.6 is 24.0 Å². The molecule has 1 aromatic carbocycles. The Kier molecular flexibility index (Phi) is 5.31. The van der Waals surface area contributed by atoms with Crippen LogP contribution in [0.15, 0.2) is 18.2 Å². The molecule has 1 aliphatic rings. The first kappa shape index (κ1) is 16.3. The Labute approximate surface area is 137 Å². The van der Waals surface area contributed by atoms with Gasteiger partial charge < -0.3 is 10.2 Å². The van der Waals surface area contributed by atoms with E-state index in [9.17, 15) is 0 Å². The molecular formula is C16H21Cl2N3. The second kappa shape index (κ2) is 6.82. The topological polar surface area (TPSA) is 28.2 Å². The summed E-state index contributed by atoms with van der Waals surface area (Å²) in [5.74, 6) is 1.13. The van der Waals surface area contributed by atoms with Crippen LogP contribution in [0.5, 0.6) is 0 Å². The average molecular weight is 326 g/mol. The molecule has 1 N–H and O–H groups in total. The highest BCUT2D eigenvalue weighted by Gasteiger charge is 2.17. The van der Waals surface area contributed by atoms with E-state index < -0.39 is 0 Å². The summed E-state index contributed by atoms with van der Waals surface area (Å²) in [6, 6.07) is 6.23. The number of anilines is 1. The second-order valence-corrected chi connectivity index (χ2v) is 5.73. The fourth-order valence-electron chi connectivity index (χ4n) is 2.81. The van der Waals surface area contributed by atoms with E-state index in [1.165, 1.54) is 11.1 Å². The van der Waals surface area contributed by atoms with Gasteiger partial charge in [0.15, 0.2) is 0 Å². The number of fused-ring (bicyclic) bond motifs is 1. The number of halogens is 2. The fourth-order valence-corrected chi connectivity index (χ4v) is 3.01. The molecule has 5 heteroatoms. The molecule has 0 amide bonds. The van der Waals surface area contributed by atoms with E-state index in [1.54, 1.807) is 0 Å². The number of nitrogens with one attached hydrogen (secondary N) is 1. The lowest BCUT2D eigenvalue weighted by molar-refractivity contribution is 0.584. The molecule has 1 aromatic heterocycles. The van der Waals surface area contributed by atoms with Crippen molar-refractivity contribution in [3.05, 3.63) is 34.3 Å². The number of piperazine rings is 1. The van der Waals surface area contributed by atoms with Crippen LogP contribution in [0.25, 0.3) is 10.9 Å². The Hall–Kier alpha value is -1.03. The van der Waals surface area contributed by atoms with E-state index in [-0.39, 0.29) is 12.4 Å². The van der Waals surface area contributed by atoms with Gasteiger partial charge in [-0.25, -0.2) is 4.98 Å². The van der Waals surface area contributed by atoms with Gasteiger partial charge in [-0.3, -0.25) is 0 Å². The van der Waals surface area contributed by atoms with Gasteiger partial charge >= 0.3 is 0 Å². The molecule has 3 rings (SSSR count). The molecule has 0 saturated carbocycles. The highest BCUT2D eigenvalue weighted by Crippen LogP contribution is 2.30. The van der Waals surface area contributed by atoms with Crippen LogP contribution in [0, 0.1) is 6.92 Å². The zero-order valence-electron chi connectivity index (χ0n) is 12.4. The maximum absolute atomic E-state index is 6.33. The van der Waals surface area contributed by atoms with Gasteiger partial charge in [-0.05, 0) is 36.6 Å². The Bertz CT molecular complexity index is 637. The lowest BCUT2D eigenvalue weighted by Gasteiger charge is -2.30. The SMILES string of the molecule is CCc1cc2c(Cl)ccc(C)c2nc1N1CCNCC1.Cl. The number of rotatable bonds is 2. The minimum absolute atomic E-state index is 0. The molecule has 2 aromatic rings. The van der Waals surface area contributed by atoms with Crippen molar-refractivity contribution in [2.45, 2.75) is 20.3 Å². The molecule has 2 heterocycles. The standard InChI is InChI=1S/C16H20ClN3.ClH/c1-3-12-10-13-14(17)5-4-11(2)15(13)19-16(12)20-8-6-18-7-9-20;/h4-5,10,18H,3,6-9H2,1-2H3;1H. The van der Waals surface area contributed by atoms with Gasteiger partial charge in [0, 0.05) is 36.6 Å². The zero-order chi connectivity index (χ0) is 14.1. The van der Waals surface area contributed by atoms with Crippen molar-refractivity contribution in [1.82, 2.24) is 10.3 Å². The van der Waals surface area contributed by atoms with Gasteiger partial charge in [0.25, 0.3) is 0 Å². The highest BCUT2D eigenvalue weighted by molar-refractivity contribution is 6.35. The van der Waals surface area contributed by atoms with Crippen molar-refractivity contribution in [2.24, 2.45) is 0 Å². The quantitative estimate of drug-likeness (QED) is 0.914. The molecule has 21 heavy (non-hydrogen) atoms. The van der Waals surface area contributed by atoms with Gasteiger partial charge in [0.1, 0.15) is 5.82 Å². The molecule has 0 unspecified atom stereocenters. The van der Waals surface area contributed by atoms with E-state index in [2.05, 4.69) is 30.1 Å². The zero-order valence-corrected chi connectivity index (χ0v) is 14.0. The molecule has 0 bridgehead atoms. The van der Waals surface area contributed by atoms with E-state index in [0.717, 1.165) is 54.3 Å². The van der Waals surface area contributed by atoms with E-state index in [4.69, 9.17) is 16.6 Å². The number of aryl methyl sites for hydroxylation is 2. The van der Waals surface area contributed by atoms with Gasteiger partial charge in [0.2, 0.25) is 0 Å². The number of benzene rings is 1. The third kappa shape index (κ3) is 3.10. The lowest BCUT2D eigenvalue weighted by atomic mass is 10.1. The normalized spacial score (nSPS) is 15.1. The summed E-state index contributed by atoms with van der Waals surface area (Å²) in [7, 11) is 0. The van der Waals surface area contributed by atoms with Crippen molar-refractivity contribution in [3.8, 4) is 0 Å². The van der Waals surface area contributed by atoms with Crippen LogP contribution < -0.4 is 10.2 Å². The molecule has 1 fully saturated rings. The fraction of sp³-hybridized carbons (Fsp3) is 0.438. The van der Waals surface area contributed by atoms with Gasteiger partial charge in [0.05, 0.1) is 5.52 Å². The predicted molar refractivity (Wildman–Crippen MR) is 93.2 cm³/mol. The molecular weight excluding hydrogens is 305 g/mol. The number of aromatic nitrogens is 1. The Balaban J connectivity index is 0.00000161. The summed E-state index contributed by atoms with van der Waals surface area (Å²) < 4.78 is 0. The first-order valence-electron chi connectivity index (χ1n) is 7.25. The molecule has 0 aliphatic carbocycles. The van der Waals surface area contributed by atoms with Crippen molar-refractivity contribution in [3.63, 3.8) is 0 Å². The Morgan fingerprint density at radius 2 is 2.00 bits per heavy atom. The van der Waals surface area contributed by atoms with Gasteiger partial charge in [-0.2, -0.15) is 0 Å². The maximum Gasteiger partial charge on any atom is 0.132 e. The summed E-state index contributed by atoms with van der Waals surface area (Å²) in [6.07, 6.45) is 0.979. The van der Waals surface area contributed by atoms with Gasteiger partial charge in [-0.15, -0.1) is 12.4 Å². The molecule has 1 aliphatic heterocycles. The molecule has 0 radical (unpaired) electrons. The maximum atomic E-state index is 6.33. The van der Waals surface area contributed by atoms with Crippen LogP contribution in [0.3, 0.4) is 0 Å². The summed E-state index contributed by atoms with van der Waals surface area (Å²) in [6.45, 7) is 8.36. The molecule has 0 atom stereocenters. The third-order valence-electron chi connectivity index (χ3n) is 3.99. The van der Waals surface area contributed by atoms with Gasteiger partial charge in [-0.1, -0.05) is 24.6 Å². The number of hydrogen-bond acceptors (Lipinski definition) is 3. The van der Waals surface area contributed by atoms with E-state index in [1.807, 2.05) is 12.1 Å². The van der Waals surface area contributed by atoms with E-state index >= 15 is 0 Å². The van der Waals surface area contributed by atoms with Crippen LogP contribution in [-0.4, -0.2) is 31.2 Å². The number of hydrogen-bond donors (Lipinski definition) is 1. The number of nitrogens with zero attached hydrogens (tertiary/aromatic N) is 2. The minimum Gasteiger partial charge on any atom is -0.354 e. The summed E-state index contributed by atoms with van der Waals surface area (Å²) >= 11 is 6.33. The van der Waals surface area contributed by atoms with Crippen LogP contribution in [0.4, 0.5) is 5.82 Å². The monoisotopic (exact) mass is 325 g/mol. The third-order valence-corrected chi connectivity index (χ3v) is 4.32. The highest BCUT2D eigenvalue weighted by atomic mass is 35.5. The lowest BCUT2D eigenvalue weighted by Crippen LogP contribution is -2.44. The molecule has 0 spiro atoms. The van der Waals surface area contributed by atoms with Crippen LogP contribution in [0.2, 0.25) is 5.02 Å². The van der Waals surface area contributed by atoms with Crippen molar-refractivity contribution in [1.29, 1.82) is 0 Å². The first-order valence-corrected chi connectivity index (χ1v) is 7.63. The van der Waals surface area contributed by atoms with Crippen molar-refractivity contribution < 1.29 is 0 Å².